The lowest BCUT2D eigenvalue weighted by molar-refractivity contribution is -0.307. The second kappa shape index (κ2) is 3.34. The summed E-state index contributed by atoms with van der Waals surface area (Å²) in [5, 5.41) is 20.6. The Kier molecular flexibility index (Phi) is 2.42. The fraction of sp³-hybridized carbons (Fsp3) is 0.571. The molecule has 1 unspecified atom stereocenters. The van der Waals surface area contributed by atoms with Gasteiger partial charge in [-0.25, -0.2) is 0 Å². The molecule has 0 fully saturated rings. The molecule has 0 saturated carbocycles. The molecule has 1 atom stereocenters. The monoisotopic (exact) mass is 169 g/mol. The summed E-state index contributed by atoms with van der Waals surface area (Å²) in [5.41, 5.74) is -0.171. The van der Waals surface area contributed by atoms with Crippen LogP contribution in [-0.2, 0) is 9.59 Å². The molecule has 0 amide bonds. The third kappa shape index (κ3) is 1.81. The average Bonchev–Trinajstić information content (AvgIpc) is 2.04. The second-order valence-electron chi connectivity index (χ2n) is 2.59. The van der Waals surface area contributed by atoms with Gasteiger partial charge in [-0.1, -0.05) is 0 Å². The van der Waals surface area contributed by atoms with E-state index in [1.165, 1.54) is 0 Å². The number of hydrogen-bond donors (Lipinski definition) is 0. The molecule has 5 heteroatoms. The zero-order chi connectivity index (χ0) is 9.14. The van der Waals surface area contributed by atoms with Crippen molar-refractivity contribution < 1.29 is 19.8 Å². The first-order valence-corrected chi connectivity index (χ1v) is 3.60. The van der Waals surface area contributed by atoms with E-state index >= 15 is 0 Å². The highest BCUT2D eigenvalue weighted by atomic mass is 16.4. The van der Waals surface area contributed by atoms with Gasteiger partial charge in [-0.3, -0.25) is 4.99 Å². The summed E-state index contributed by atoms with van der Waals surface area (Å²) >= 11 is 0. The van der Waals surface area contributed by atoms with Crippen LogP contribution in [0.25, 0.3) is 0 Å². The minimum Gasteiger partial charge on any atom is -0.548 e. The maximum atomic E-state index is 10.3. The Balaban J connectivity index is 2.76. The van der Waals surface area contributed by atoms with Crippen molar-refractivity contribution in [3.05, 3.63) is 0 Å². The van der Waals surface area contributed by atoms with Crippen molar-refractivity contribution >= 4 is 17.7 Å². The van der Waals surface area contributed by atoms with Gasteiger partial charge in [0.05, 0.1) is 23.7 Å². The summed E-state index contributed by atoms with van der Waals surface area (Å²) in [5.74, 6) is -2.71. The molecule has 5 nitrogen and oxygen atoms in total. The molecular weight excluding hydrogens is 162 g/mol. The van der Waals surface area contributed by atoms with E-state index in [0.29, 0.717) is 12.8 Å². The van der Waals surface area contributed by atoms with E-state index in [2.05, 4.69) is 4.99 Å². The van der Waals surface area contributed by atoms with Gasteiger partial charge in [0.2, 0.25) is 0 Å². The van der Waals surface area contributed by atoms with Crippen molar-refractivity contribution in [3.8, 4) is 0 Å². The third-order valence-electron chi connectivity index (χ3n) is 1.71. The highest BCUT2D eigenvalue weighted by molar-refractivity contribution is 6.35. The van der Waals surface area contributed by atoms with Crippen LogP contribution >= 0.6 is 0 Å². The molecule has 0 aromatic heterocycles. The van der Waals surface area contributed by atoms with Crippen LogP contribution in [-0.4, -0.2) is 23.7 Å². The number of carboxylic acid groups (broad SMARTS) is 2. The predicted octanol–water partition coefficient (Wildman–Crippen LogP) is -2.52. The van der Waals surface area contributed by atoms with Crippen LogP contribution < -0.4 is 10.2 Å². The van der Waals surface area contributed by atoms with Crippen molar-refractivity contribution in [1.82, 2.24) is 0 Å². The van der Waals surface area contributed by atoms with E-state index in [4.69, 9.17) is 0 Å². The van der Waals surface area contributed by atoms with Gasteiger partial charge in [0.1, 0.15) is 0 Å². The fourth-order valence-corrected chi connectivity index (χ4v) is 1.11. The first-order chi connectivity index (χ1) is 5.61. The zero-order valence-corrected chi connectivity index (χ0v) is 6.28. The lowest BCUT2D eigenvalue weighted by atomic mass is 10.0. The molecule has 1 heterocycles. The highest BCUT2D eigenvalue weighted by Crippen LogP contribution is 2.12. The smallest absolute Gasteiger partial charge is 0.0897 e. The van der Waals surface area contributed by atoms with E-state index in [0.717, 1.165) is 0 Å². The summed E-state index contributed by atoms with van der Waals surface area (Å²) in [6.45, 7) is 0. The van der Waals surface area contributed by atoms with Crippen LogP contribution in [0.1, 0.15) is 19.3 Å². The number of aliphatic imine (C=N–C) groups is 1. The minimum atomic E-state index is -1.39. The molecule has 0 aromatic carbocycles. The van der Waals surface area contributed by atoms with Gasteiger partial charge in [-0.2, -0.15) is 0 Å². The van der Waals surface area contributed by atoms with Crippen LogP contribution in [0.3, 0.4) is 0 Å². The molecular formula is C7H7NO4-2. The first-order valence-electron chi connectivity index (χ1n) is 3.60. The van der Waals surface area contributed by atoms with Gasteiger partial charge in [-0.15, -0.1) is 0 Å². The van der Waals surface area contributed by atoms with Crippen LogP contribution in [0, 0.1) is 0 Å². The van der Waals surface area contributed by atoms with E-state index in [9.17, 15) is 19.8 Å². The van der Waals surface area contributed by atoms with Gasteiger partial charge in [0, 0.05) is 0 Å². The number of carbonyl (C=O) groups is 2. The van der Waals surface area contributed by atoms with E-state index < -0.39 is 18.0 Å². The molecule has 0 spiro atoms. The summed E-state index contributed by atoms with van der Waals surface area (Å²) in [4.78, 5) is 24.0. The number of nitrogens with zero attached hydrogens (tertiary/aromatic N) is 1. The van der Waals surface area contributed by atoms with Gasteiger partial charge < -0.3 is 19.8 Å². The Morgan fingerprint density at radius 3 is 2.58 bits per heavy atom. The van der Waals surface area contributed by atoms with Crippen LogP contribution in [0.2, 0.25) is 0 Å². The lowest BCUT2D eigenvalue weighted by Crippen LogP contribution is -2.40. The maximum absolute atomic E-state index is 10.3. The Morgan fingerprint density at radius 1 is 1.42 bits per heavy atom. The predicted molar refractivity (Wildman–Crippen MR) is 35.1 cm³/mol. The Hall–Kier alpha value is -1.39. The molecule has 0 bridgehead atoms. The SMILES string of the molecule is O=C([O-])C1=NC(C(=O)[O-])CCC1. The number of carboxylic acids is 2. The van der Waals surface area contributed by atoms with Crippen LogP contribution in [0.15, 0.2) is 4.99 Å². The largest absolute Gasteiger partial charge is 0.548 e. The van der Waals surface area contributed by atoms with E-state index in [1.807, 2.05) is 0 Å². The van der Waals surface area contributed by atoms with Crippen molar-refractivity contribution in [3.63, 3.8) is 0 Å². The summed E-state index contributed by atoms with van der Waals surface area (Å²) < 4.78 is 0. The Bertz CT molecular complexity index is 246. The Labute approximate surface area is 68.7 Å². The van der Waals surface area contributed by atoms with E-state index in [-0.39, 0.29) is 12.1 Å². The molecule has 0 aliphatic carbocycles. The third-order valence-corrected chi connectivity index (χ3v) is 1.71. The van der Waals surface area contributed by atoms with Gasteiger partial charge in [0.25, 0.3) is 0 Å². The summed E-state index contributed by atoms with van der Waals surface area (Å²) in [7, 11) is 0. The topological polar surface area (TPSA) is 92.6 Å². The molecule has 1 aliphatic heterocycles. The van der Waals surface area contributed by atoms with Gasteiger partial charge in [-0.05, 0) is 19.3 Å². The van der Waals surface area contributed by atoms with Gasteiger partial charge >= 0.3 is 0 Å². The summed E-state index contributed by atoms with van der Waals surface area (Å²) in [6.07, 6.45) is 1.14. The van der Waals surface area contributed by atoms with E-state index in [1.54, 1.807) is 0 Å². The summed E-state index contributed by atoms with van der Waals surface area (Å²) in [6, 6.07) is -1.01. The van der Waals surface area contributed by atoms with Gasteiger partial charge in [0.15, 0.2) is 0 Å². The number of aliphatic carboxylic acids is 2. The highest BCUT2D eigenvalue weighted by Gasteiger charge is 2.15. The molecule has 0 radical (unpaired) electrons. The molecule has 0 saturated heterocycles. The molecule has 1 aliphatic rings. The number of rotatable bonds is 2. The van der Waals surface area contributed by atoms with Crippen molar-refractivity contribution in [1.29, 1.82) is 0 Å². The fourth-order valence-electron chi connectivity index (χ4n) is 1.11. The quantitative estimate of drug-likeness (QED) is 0.456. The molecule has 12 heavy (non-hydrogen) atoms. The average molecular weight is 169 g/mol. The molecule has 0 aromatic rings. The molecule has 1 rings (SSSR count). The maximum Gasteiger partial charge on any atom is 0.0897 e. The standard InChI is InChI=1S/C7H9NO4/c9-6(10)4-2-1-3-5(8-4)7(11)12/h4H,1-3H2,(H,9,10)(H,11,12)/p-2. The second-order valence-corrected chi connectivity index (χ2v) is 2.59. The first kappa shape index (κ1) is 8.70. The molecule has 0 N–H and O–H groups in total. The lowest BCUT2D eigenvalue weighted by Gasteiger charge is -2.21. The van der Waals surface area contributed by atoms with Crippen LogP contribution in [0.4, 0.5) is 0 Å². The van der Waals surface area contributed by atoms with Crippen molar-refractivity contribution in [2.75, 3.05) is 0 Å². The van der Waals surface area contributed by atoms with Crippen LogP contribution in [0.5, 0.6) is 0 Å². The normalized spacial score (nSPS) is 23.0. The molecule has 66 valence electrons. The van der Waals surface area contributed by atoms with Crippen molar-refractivity contribution in [2.24, 2.45) is 4.99 Å². The minimum absolute atomic E-state index is 0.171. The number of carbonyl (C=O) groups excluding carboxylic acids is 2. The number of hydrogen-bond acceptors (Lipinski definition) is 5. The van der Waals surface area contributed by atoms with Crippen molar-refractivity contribution in [2.45, 2.75) is 25.3 Å². The zero-order valence-electron chi connectivity index (χ0n) is 6.28. The Morgan fingerprint density at radius 2 is 2.08 bits per heavy atom.